The highest BCUT2D eigenvalue weighted by molar-refractivity contribution is 5.40. The van der Waals surface area contributed by atoms with Crippen molar-refractivity contribution in [1.29, 1.82) is 0 Å². The maximum absolute atomic E-state index is 3.95. The zero-order valence-electron chi connectivity index (χ0n) is 13.5. The van der Waals surface area contributed by atoms with E-state index >= 15 is 0 Å². The lowest BCUT2D eigenvalue weighted by atomic mass is 9.79. The molecule has 1 fully saturated rings. The van der Waals surface area contributed by atoms with Crippen LogP contribution in [0, 0.1) is 5.92 Å². The van der Waals surface area contributed by atoms with Crippen molar-refractivity contribution in [2.24, 2.45) is 5.92 Å². The van der Waals surface area contributed by atoms with Gasteiger partial charge in [0.2, 0.25) is 0 Å². The molecule has 0 aliphatic heterocycles. The third-order valence-corrected chi connectivity index (χ3v) is 4.29. The Hall–Kier alpha value is -1.08. The van der Waals surface area contributed by atoms with Gasteiger partial charge in [-0.15, -0.1) is 0 Å². The van der Waals surface area contributed by atoms with Gasteiger partial charge in [-0.25, -0.2) is 0 Å². The molecule has 1 aliphatic carbocycles. The van der Waals surface area contributed by atoms with Crippen molar-refractivity contribution in [2.45, 2.75) is 58.4 Å². The summed E-state index contributed by atoms with van der Waals surface area (Å²) in [6.45, 7) is 8.21. The Bertz CT molecular complexity index is 369. The Labute approximate surface area is 125 Å². The van der Waals surface area contributed by atoms with E-state index in [9.17, 15) is 0 Å². The molecule has 1 N–H and O–H groups in total. The summed E-state index contributed by atoms with van der Waals surface area (Å²) in [5.74, 6) is 0.942. The van der Waals surface area contributed by atoms with Crippen molar-refractivity contribution in [1.82, 2.24) is 5.32 Å². The highest BCUT2D eigenvalue weighted by Gasteiger charge is 2.22. The van der Waals surface area contributed by atoms with E-state index in [1.54, 1.807) is 0 Å². The summed E-state index contributed by atoms with van der Waals surface area (Å²) in [5, 5.41) is 3.50. The molecule has 0 aromatic rings. The normalized spacial score (nSPS) is 19.1. The van der Waals surface area contributed by atoms with Crippen molar-refractivity contribution < 1.29 is 0 Å². The summed E-state index contributed by atoms with van der Waals surface area (Å²) in [7, 11) is 2.09. The Kier molecular flexibility index (Phi) is 8.29. The van der Waals surface area contributed by atoms with Crippen LogP contribution in [0.3, 0.4) is 0 Å². The summed E-state index contributed by atoms with van der Waals surface area (Å²) < 4.78 is 0. The number of rotatable bonds is 9. The van der Waals surface area contributed by atoms with Crippen LogP contribution in [0.4, 0.5) is 0 Å². The van der Waals surface area contributed by atoms with Crippen LogP contribution in [-0.4, -0.2) is 13.1 Å². The first-order valence-corrected chi connectivity index (χ1v) is 8.07. The van der Waals surface area contributed by atoms with E-state index in [1.807, 2.05) is 6.08 Å². The lowest BCUT2D eigenvalue weighted by Gasteiger charge is -2.30. The number of hydrogen-bond donors (Lipinski definition) is 1. The van der Waals surface area contributed by atoms with E-state index in [-0.39, 0.29) is 0 Å². The first kappa shape index (κ1) is 17.0. The minimum atomic E-state index is 0.580. The van der Waals surface area contributed by atoms with Crippen LogP contribution in [0.5, 0.6) is 0 Å². The van der Waals surface area contributed by atoms with Gasteiger partial charge >= 0.3 is 0 Å². The van der Waals surface area contributed by atoms with Crippen molar-refractivity contribution in [3.05, 3.63) is 48.1 Å². The highest BCUT2D eigenvalue weighted by atomic mass is 14.9. The molecule has 0 heterocycles. The van der Waals surface area contributed by atoms with Crippen molar-refractivity contribution in [2.75, 3.05) is 7.05 Å². The monoisotopic (exact) mass is 273 g/mol. The Balaban J connectivity index is 2.72. The average Bonchev–Trinajstić information content (AvgIpc) is 2.42. The van der Waals surface area contributed by atoms with Crippen molar-refractivity contribution in [3.63, 3.8) is 0 Å². The van der Waals surface area contributed by atoms with Crippen LogP contribution < -0.4 is 5.32 Å². The molecule has 112 valence electrons. The second-order valence-electron chi connectivity index (χ2n) is 5.70. The Morgan fingerprint density at radius 1 is 1.40 bits per heavy atom. The van der Waals surface area contributed by atoms with Gasteiger partial charge in [-0.05, 0) is 50.3 Å². The molecule has 0 amide bonds. The fourth-order valence-corrected chi connectivity index (χ4v) is 2.74. The summed E-state index contributed by atoms with van der Waals surface area (Å²) in [5.41, 5.74) is 2.66. The van der Waals surface area contributed by atoms with Crippen molar-refractivity contribution in [3.8, 4) is 0 Å². The molecular weight excluding hydrogens is 242 g/mol. The summed E-state index contributed by atoms with van der Waals surface area (Å²) in [4.78, 5) is 0. The molecule has 0 spiro atoms. The van der Waals surface area contributed by atoms with Gasteiger partial charge in [0.05, 0.1) is 0 Å². The van der Waals surface area contributed by atoms with E-state index in [4.69, 9.17) is 0 Å². The third-order valence-electron chi connectivity index (χ3n) is 4.29. The highest BCUT2D eigenvalue weighted by Crippen LogP contribution is 2.32. The molecular formula is C19H31N. The average molecular weight is 273 g/mol. The van der Waals surface area contributed by atoms with Gasteiger partial charge in [0.25, 0.3) is 0 Å². The van der Waals surface area contributed by atoms with Crippen LogP contribution in [0.25, 0.3) is 0 Å². The molecule has 0 radical (unpaired) electrons. The van der Waals surface area contributed by atoms with Gasteiger partial charge in [0, 0.05) is 6.04 Å². The summed E-state index contributed by atoms with van der Waals surface area (Å²) in [6, 6.07) is 0.580. The van der Waals surface area contributed by atoms with Gasteiger partial charge in [-0.3, -0.25) is 0 Å². The van der Waals surface area contributed by atoms with Gasteiger partial charge in [-0.1, -0.05) is 63.1 Å². The van der Waals surface area contributed by atoms with Crippen LogP contribution in [0.1, 0.15) is 52.4 Å². The molecule has 1 aliphatic rings. The third kappa shape index (κ3) is 5.50. The Morgan fingerprint density at radius 2 is 2.15 bits per heavy atom. The fourth-order valence-electron chi connectivity index (χ4n) is 2.74. The van der Waals surface area contributed by atoms with Crippen LogP contribution in [0.15, 0.2) is 48.1 Å². The molecule has 1 atom stereocenters. The zero-order valence-corrected chi connectivity index (χ0v) is 13.5. The molecule has 1 nitrogen and oxygen atoms in total. The molecule has 20 heavy (non-hydrogen) atoms. The first-order chi connectivity index (χ1) is 9.74. The topological polar surface area (TPSA) is 12.0 Å². The minimum Gasteiger partial charge on any atom is -0.317 e. The largest absolute Gasteiger partial charge is 0.317 e. The SMILES string of the molecule is C=CC(=C/C)/C(=C\C=C\CC)CC(CC1CCC1)NC. The van der Waals surface area contributed by atoms with Crippen LogP contribution >= 0.6 is 0 Å². The van der Waals surface area contributed by atoms with Crippen molar-refractivity contribution >= 4 is 0 Å². The summed E-state index contributed by atoms with van der Waals surface area (Å²) >= 11 is 0. The van der Waals surface area contributed by atoms with E-state index in [0.717, 1.165) is 18.8 Å². The second-order valence-corrected chi connectivity index (χ2v) is 5.70. The number of hydrogen-bond acceptors (Lipinski definition) is 1. The molecule has 1 unspecified atom stereocenters. The number of allylic oxidation sites excluding steroid dienone is 6. The molecule has 1 rings (SSSR count). The van der Waals surface area contributed by atoms with E-state index < -0.39 is 0 Å². The predicted octanol–water partition coefficient (Wildman–Crippen LogP) is 5.18. The quantitative estimate of drug-likeness (QED) is 0.571. The fraction of sp³-hybridized carbons (Fsp3) is 0.579. The maximum Gasteiger partial charge on any atom is 0.0107 e. The van der Waals surface area contributed by atoms with E-state index in [0.29, 0.717) is 6.04 Å². The zero-order chi connectivity index (χ0) is 14.8. The second kappa shape index (κ2) is 9.77. The van der Waals surface area contributed by atoms with Gasteiger partial charge < -0.3 is 5.32 Å². The predicted molar refractivity (Wildman–Crippen MR) is 90.9 cm³/mol. The first-order valence-electron chi connectivity index (χ1n) is 8.07. The van der Waals surface area contributed by atoms with Gasteiger partial charge in [-0.2, -0.15) is 0 Å². The van der Waals surface area contributed by atoms with E-state index in [1.165, 1.54) is 36.8 Å². The van der Waals surface area contributed by atoms with Crippen LogP contribution in [0.2, 0.25) is 0 Å². The van der Waals surface area contributed by atoms with E-state index in [2.05, 4.69) is 57.1 Å². The lowest BCUT2D eigenvalue weighted by Crippen LogP contribution is -2.30. The molecule has 0 aromatic carbocycles. The minimum absolute atomic E-state index is 0.580. The molecule has 0 aromatic heterocycles. The standard InChI is InChI=1S/C19H31N/c1-5-8-9-13-18(17(6-2)7-3)15-19(20-4)14-16-11-10-12-16/h6-9,13,16,19-20H,2,5,10-12,14-15H2,1,3-4H3/b9-8+,17-7-,18-13-. The Morgan fingerprint density at radius 3 is 2.60 bits per heavy atom. The lowest BCUT2D eigenvalue weighted by molar-refractivity contribution is 0.263. The van der Waals surface area contributed by atoms with Gasteiger partial charge in [0.15, 0.2) is 0 Å². The molecule has 1 saturated carbocycles. The smallest absolute Gasteiger partial charge is 0.0107 e. The number of nitrogens with one attached hydrogen (secondary N) is 1. The molecule has 0 bridgehead atoms. The molecule has 0 saturated heterocycles. The summed E-state index contributed by atoms with van der Waals surface area (Å²) in [6.07, 6.45) is 18.5. The van der Waals surface area contributed by atoms with Gasteiger partial charge in [0.1, 0.15) is 0 Å². The molecule has 1 heteroatoms. The van der Waals surface area contributed by atoms with Crippen LogP contribution in [-0.2, 0) is 0 Å². The maximum atomic E-state index is 3.95.